The number of nitrogens with zero attached hydrogens (tertiary/aromatic N) is 7. The van der Waals surface area contributed by atoms with Gasteiger partial charge in [-0.2, -0.15) is 4.80 Å². The fourth-order valence-corrected chi connectivity index (χ4v) is 1.75. The molecule has 0 amide bonds. The maximum absolute atomic E-state index is 4.38. The smallest absolute Gasteiger partial charge is 0.188 e. The highest BCUT2D eigenvalue weighted by Crippen LogP contribution is 2.10. The third-order valence-electron chi connectivity index (χ3n) is 2.55. The van der Waals surface area contributed by atoms with Crippen molar-refractivity contribution in [3.05, 3.63) is 28.5 Å². The fourth-order valence-electron chi connectivity index (χ4n) is 1.55. The number of hydrogen-bond acceptors (Lipinski definition) is 6. The minimum absolute atomic E-state index is 0.154. The molecule has 0 saturated carbocycles. The number of halogens is 1. The molecule has 108 valence electrons. The van der Waals surface area contributed by atoms with Crippen LogP contribution >= 0.6 is 15.9 Å². The van der Waals surface area contributed by atoms with E-state index in [4.69, 9.17) is 0 Å². The van der Waals surface area contributed by atoms with E-state index in [1.807, 2.05) is 32.7 Å². The van der Waals surface area contributed by atoms with Crippen molar-refractivity contribution >= 4 is 15.9 Å². The van der Waals surface area contributed by atoms with Gasteiger partial charge in [0.25, 0.3) is 0 Å². The van der Waals surface area contributed by atoms with E-state index < -0.39 is 0 Å². The van der Waals surface area contributed by atoms with Gasteiger partial charge >= 0.3 is 0 Å². The summed E-state index contributed by atoms with van der Waals surface area (Å²) in [5, 5.41) is 12.5. The quantitative estimate of drug-likeness (QED) is 0.842. The van der Waals surface area contributed by atoms with Crippen molar-refractivity contribution in [3.8, 4) is 0 Å². The summed E-state index contributed by atoms with van der Waals surface area (Å²) in [6.07, 6.45) is 3.48. The van der Waals surface area contributed by atoms with Crippen LogP contribution in [-0.2, 0) is 18.6 Å². The third kappa shape index (κ3) is 4.04. The third-order valence-corrected chi connectivity index (χ3v) is 2.96. The Morgan fingerprint density at radius 1 is 1.15 bits per heavy atom. The highest BCUT2D eigenvalue weighted by molar-refractivity contribution is 9.10. The summed E-state index contributed by atoms with van der Waals surface area (Å²) in [7, 11) is 1.98. The first-order valence-corrected chi connectivity index (χ1v) is 7.08. The van der Waals surface area contributed by atoms with Crippen LogP contribution in [0, 0.1) is 0 Å². The number of rotatable bonds is 4. The first-order chi connectivity index (χ1) is 9.34. The lowest BCUT2D eigenvalue weighted by atomic mass is 10.1. The second-order valence-electron chi connectivity index (χ2n) is 5.66. The molecule has 0 unspecified atom stereocenters. The van der Waals surface area contributed by atoms with Gasteiger partial charge in [-0.15, -0.1) is 10.2 Å². The van der Waals surface area contributed by atoms with Gasteiger partial charge in [0.15, 0.2) is 5.82 Å². The zero-order valence-corrected chi connectivity index (χ0v) is 13.7. The lowest BCUT2D eigenvalue weighted by molar-refractivity contribution is 0.289. The summed E-state index contributed by atoms with van der Waals surface area (Å²) in [5.41, 5.74) is -0.154. The minimum Gasteiger partial charge on any atom is -0.291 e. The average molecular weight is 340 g/mol. The van der Waals surface area contributed by atoms with Gasteiger partial charge in [0, 0.05) is 12.4 Å². The molecular formula is C12H18BrN7. The highest BCUT2D eigenvalue weighted by atomic mass is 79.9. The van der Waals surface area contributed by atoms with Crippen LogP contribution in [0.15, 0.2) is 16.9 Å². The van der Waals surface area contributed by atoms with Gasteiger partial charge in [0.05, 0.1) is 23.1 Å². The van der Waals surface area contributed by atoms with Gasteiger partial charge in [-0.1, -0.05) is 0 Å². The van der Waals surface area contributed by atoms with Crippen molar-refractivity contribution < 1.29 is 0 Å². The Kier molecular flexibility index (Phi) is 4.44. The average Bonchev–Trinajstić information content (AvgIpc) is 2.80. The van der Waals surface area contributed by atoms with Crippen LogP contribution in [0.5, 0.6) is 0 Å². The van der Waals surface area contributed by atoms with Crippen molar-refractivity contribution in [1.29, 1.82) is 0 Å². The number of aromatic nitrogens is 6. The molecule has 2 rings (SSSR count). The van der Waals surface area contributed by atoms with Gasteiger partial charge in [-0.05, 0) is 49.0 Å². The molecule has 0 spiro atoms. The lowest BCUT2D eigenvalue weighted by Gasteiger charge is -2.16. The number of hydrogen-bond donors (Lipinski definition) is 0. The van der Waals surface area contributed by atoms with Crippen molar-refractivity contribution in [2.24, 2.45) is 0 Å². The summed E-state index contributed by atoms with van der Waals surface area (Å²) < 4.78 is 0.874. The van der Waals surface area contributed by atoms with Crippen molar-refractivity contribution in [2.45, 2.75) is 39.4 Å². The molecule has 8 heteroatoms. The standard InChI is InChI=1S/C12H18BrN7/c1-12(2,3)20-17-11(16-18-20)8-19(4)7-10-14-5-9(13)6-15-10/h5-6H,7-8H2,1-4H3. The van der Waals surface area contributed by atoms with E-state index in [0.717, 1.165) is 10.3 Å². The molecule has 2 aromatic rings. The lowest BCUT2D eigenvalue weighted by Crippen LogP contribution is -2.25. The molecule has 0 radical (unpaired) electrons. The zero-order valence-electron chi connectivity index (χ0n) is 12.1. The molecule has 2 aromatic heterocycles. The van der Waals surface area contributed by atoms with Crippen molar-refractivity contribution in [3.63, 3.8) is 0 Å². The van der Waals surface area contributed by atoms with Gasteiger partial charge in [0.2, 0.25) is 0 Å². The predicted octanol–water partition coefficient (Wildman–Crippen LogP) is 1.61. The molecule has 2 heterocycles. The molecule has 0 fully saturated rings. The molecule has 0 aliphatic carbocycles. The van der Waals surface area contributed by atoms with Crippen molar-refractivity contribution in [2.75, 3.05) is 7.05 Å². The Morgan fingerprint density at radius 3 is 2.30 bits per heavy atom. The van der Waals surface area contributed by atoms with E-state index in [-0.39, 0.29) is 5.54 Å². The Bertz CT molecular complexity index is 558. The largest absolute Gasteiger partial charge is 0.291 e. The van der Waals surface area contributed by atoms with Gasteiger partial charge in [-0.25, -0.2) is 9.97 Å². The maximum Gasteiger partial charge on any atom is 0.188 e. The van der Waals surface area contributed by atoms with Crippen LogP contribution in [0.2, 0.25) is 0 Å². The second-order valence-corrected chi connectivity index (χ2v) is 6.57. The molecule has 0 bridgehead atoms. The minimum atomic E-state index is -0.154. The van der Waals surface area contributed by atoms with E-state index in [0.29, 0.717) is 18.9 Å². The molecule has 0 aliphatic rings. The summed E-state index contributed by atoms with van der Waals surface area (Å²) in [4.78, 5) is 12.2. The highest BCUT2D eigenvalue weighted by Gasteiger charge is 2.17. The summed E-state index contributed by atoms with van der Waals surface area (Å²) >= 11 is 3.32. The normalized spacial score (nSPS) is 12.1. The molecule has 0 aliphatic heterocycles. The molecule has 0 atom stereocenters. The van der Waals surface area contributed by atoms with Crippen LogP contribution < -0.4 is 0 Å². The first-order valence-electron chi connectivity index (χ1n) is 6.29. The van der Waals surface area contributed by atoms with Crippen LogP contribution in [-0.4, -0.2) is 42.1 Å². The van der Waals surface area contributed by atoms with Gasteiger partial charge < -0.3 is 0 Å². The summed E-state index contributed by atoms with van der Waals surface area (Å²) in [6.45, 7) is 7.36. The van der Waals surface area contributed by atoms with Crippen molar-refractivity contribution in [1.82, 2.24) is 35.1 Å². The van der Waals surface area contributed by atoms with Gasteiger partial charge in [0.1, 0.15) is 5.82 Å². The SMILES string of the molecule is CN(Cc1ncc(Br)cn1)Cc1nnn(C(C)(C)C)n1. The Labute approximate surface area is 126 Å². The molecule has 0 N–H and O–H groups in total. The Balaban J connectivity index is 1.96. The van der Waals surface area contributed by atoms with Crippen LogP contribution in [0.4, 0.5) is 0 Å². The maximum atomic E-state index is 4.38. The van der Waals surface area contributed by atoms with E-state index in [2.05, 4.69) is 41.3 Å². The van der Waals surface area contributed by atoms with E-state index >= 15 is 0 Å². The Hall–Kier alpha value is -1.41. The zero-order chi connectivity index (χ0) is 14.8. The fraction of sp³-hybridized carbons (Fsp3) is 0.583. The van der Waals surface area contributed by atoms with E-state index in [1.165, 1.54) is 0 Å². The first kappa shape index (κ1) is 15.0. The summed E-state index contributed by atoms with van der Waals surface area (Å²) in [5.74, 6) is 1.46. The monoisotopic (exact) mass is 339 g/mol. The molecule has 20 heavy (non-hydrogen) atoms. The van der Waals surface area contributed by atoms with E-state index in [9.17, 15) is 0 Å². The molecule has 0 aromatic carbocycles. The molecule has 7 nitrogen and oxygen atoms in total. The molecular weight excluding hydrogens is 322 g/mol. The molecule has 0 saturated heterocycles. The summed E-state index contributed by atoms with van der Waals surface area (Å²) in [6, 6.07) is 0. The second kappa shape index (κ2) is 5.92. The predicted molar refractivity (Wildman–Crippen MR) is 77.7 cm³/mol. The Morgan fingerprint density at radius 2 is 1.75 bits per heavy atom. The number of tetrazole rings is 1. The van der Waals surface area contributed by atoms with Crippen LogP contribution in [0.1, 0.15) is 32.4 Å². The topological polar surface area (TPSA) is 72.6 Å². The van der Waals surface area contributed by atoms with Gasteiger partial charge in [-0.3, -0.25) is 4.90 Å². The van der Waals surface area contributed by atoms with Crippen LogP contribution in [0.25, 0.3) is 0 Å². The van der Waals surface area contributed by atoms with E-state index in [1.54, 1.807) is 17.2 Å². The van der Waals surface area contributed by atoms with Crippen LogP contribution in [0.3, 0.4) is 0 Å².